The normalized spacial score (nSPS) is 12.3. The molecule has 2 aromatic rings. The summed E-state index contributed by atoms with van der Waals surface area (Å²) in [6.45, 7) is 5.98. The van der Waals surface area contributed by atoms with Crippen LogP contribution >= 0.6 is 11.6 Å². The van der Waals surface area contributed by atoms with E-state index in [1.807, 2.05) is 44.2 Å². The molecule has 0 aromatic heterocycles. The minimum absolute atomic E-state index is 0.0398. The van der Waals surface area contributed by atoms with Gasteiger partial charge in [-0.1, -0.05) is 48.0 Å². The van der Waals surface area contributed by atoms with E-state index in [1.165, 1.54) is 4.31 Å². The molecule has 0 aliphatic heterocycles. The molecule has 2 amide bonds. The first kappa shape index (κ1) is 27.7. The second-order valence-corrected chi connectivity index (χ2v) is 10.9. The lowest BCUT2D eigenvalue weighted by Gasteiger charge is -2.30. The van der Waals surface area contributed by atoms with Crippen molar-refractivity contribution in [3.05, 3.63) is 65.2 Å². The fourth-order valence-electron chi connectivity index (χ4n) is 3.61. The van der Waals surface area contributed by atoms with Gasteiger partial charge in [0, 0.05) is 30.6 Å². The zero-order chi connectivity index (χ0) is 25.3. The number of amides is 2. The molecule has 0 saturated carbocycles. The number of sulfonamides is 1. The Morgan fingerprint density at radius 1 is 1.00 bits per heavy atom. The van der Waals surface area contributed by atoms with E-state index in [-0.39, 0.29) is 30.8 Å². The zero-order valence-corrected chi connectivity index (χ0v) is 21.8. The third-order valence-corrected chi connectivity index (χ3v) is 6.76. The first-order valence-corrected chi connectivity index (χ1v) is 13.6. The van der Waals surface area contributed by atoms with Gasteiger partial charge in [-0.2, -0.15) is 0 Å². The molecule has 0 aliphatic carbocycles. The highest BCUT2D eigenvalue weighted by molar-refractivity contribution is 7.92. The standard InChI is InChI=1S/C25H34ClN3O4S/c1-19(2)27-25(31)20(3)28(17-15-21-10-6-5-7-11-21)24(30)14-9-16-29(34(4,32)33)23-13-8-12-22(26)18-23/h5-8,10-13,18-20H,9,14-17H2,1-4H3,(H,27,31)/t20-/m1/s1. The predicted octanol–water partition coefficient (Wildman–Crippen LogP) is 3.87. The van der Waals surface area contributed by atoms with Crippen molar-refractivity contribution in [2.45, 2.75) is 52.1 Å². The molecule has 0 saturated heterocycles. The van der Waals surface area contributed by atoms with E-state index in [4.69, 9.17) is 11.6 Å². The summed E-state index contributed by atoms with van der Waals surface area (Å²) in [6, 6.07) is 15.7. The van der Waals surface area contributed by atoms with E-state index in [0.717, 1.165) is 11.8 Å². The van der Waals surface area contributed by atoms with Crippen molar-refractivity contribution in [3.8, 4) is 0 Å². The molecule has 1 N–H and O–H groups in total. The van der Waals surface area contributed by atoms with Crippen molar-refractivity contribution in [2.24, 2.45) is 0 Å². The molecule has 9 heteroatoms. The highest BCUT2D eigenvalue weighted by Gasteiger charge is 2.26. The second kappa shape index (κ2) is 12.8. The maximum atomic E-state index is 13.2. The summed E-state index contributed by atoms with van der Waals surface area (Å²) in [6.07, 6.45) is 2.16. The minimum atomic E-state index is -3.56. The van der Waals surface area contributed by atoms with E-state index in [9.17, 15) is 18.0 Å². The van der Waals surface area contributed by atoms with Crippen LogP contribution in [0.3, 0.4) is 0 Å². The van der Waals surface area contributed by atoms with Crippen LogP contribution in [-0.4, -0.2) is 56.6 Å². The number of carbonyl (C=O) groups excluding carboxylic acids is 2. The molecule has 1 atom stereocenters. The summed E-state index contributed by atoms with van der Waals surface area (Å²) in [4.78, 5) is 27.4. The summed E-state index contributed by atoms with van der Waals surface area (Å²) in [5.41, 5.74) is 1.52. The summed E-state index contributed by atoms with van der Waals surface area (Å²) < 4.78 is 25.9. The second-order valence-electron chi connectivity index (χ2n) is 8.58. The molecule has 7 nitrogen and oxygen atoms in total. The van der Waals surface area contributed by atoms with Gasteiger partial charge in [0.15, 0.2) is 0 Å². The van der Waals surface area contributed by atoms with E-state index >= 15 is 0 Å². The Labute approximate surface area is 208 Å². The van der Waals surface area contributed by atoms with Gasteiger partial charge in [0.25, 0.3) is 0 Å². The van der Waals surface area contributed by atoms with Crippen molar-refractivity contribution in [3.63, 3.8) is 0 Å². The van der Waals surface area contributed by atoms with Gasteiger partial charge in [-0.3, -0.25) is 13.9 Å². The Bertz CT molecular complexity index is 1060. The van der Waals surface area contributed by atoms with Crippen molar-refractivity contribution in [1.29, 1.82) is 0 Å². The molecule has 0 spiro atoms. The highest BCUT2D eigenvalue weighted by atomic mass is 35.5. The smallest absolute Gasteiger partial charge is 0.242 e. The minimum Gasteiger partial charge on any atom is -0.352 e. The van der Waals surface area contributed by atoms with Crippen LogP contribution in [0.25, 0.3) is 0 Å². The number of hydrogen-bond donors (Lipinski definition) is 1. The van der Waals surface area contributed by atoms with Crippen LogP contribution in [0.4, 0.5) is 5.69 Å². The summed E-state index contributed by atoms with van der Waals surface area (Å²) in [5, 5.41) is 3.29. The largest absolute Gasteiger partial charge is 0.352 e. The fraction of sp³-hybridized carbons (Fsp3) is 0.440. The number of hydrogen-bond acceptors (Lipinski definition) is 4. The van der Waals surface area contributed by atoms with Gasteiger partial charge in [-0.25, -0.2) is 8.42 Å². The monoisotopic (exact) mass is 507 g/mol. The van der Waals surface area contributed by atoms with E-state index in [1.54, 1.807) is 36.1 Å². The van der Waals surface area contributed by atoms with Crippen molar-refractivity contribution in [1.82, 2.24) is 10.2 Å². The lowest BCUT2D eigenvalue weighted by atomic mass is 10.1. The number of rotatable bonds is 12. The maximum Gasteiger partial charge on any atom is 0.242 e. The molecule has 2 rings (SSSR count). The van der Waals surface area contributed by atoms with Crippen LogP contribution in [0, 0.1) is 0 Å². The van der Waals surface area contributed by atoms with E-state index in [2.05, 4.69) is 5.32 Å². The predicted molar refractivity (Wildman–Crippen MR) is 137 cm³/mol. The maximum absolute atomic E-state index is 13.2. The average Bonchev–Trinajstić information content (AvgIpc) is 2.76. The summed E-state index contributed by atoms with van der Waals surface area (Å²) in [7, 11) is -3.56. The number of anilines is 1. The van der Waals surface area contributed by atoms with Crippen LogP contribution in [0.15, 0.2) is 54.6 Å². The topological polar surface area (TPSA) is 86.8 Å². The van der Waals surface area contributed by atoms with Crippen LogP contribution in [0.2, 0.25) is 5.02 Å². The van der Waals surface area contributed by atoms with Gasteiger partial charge >= 0.3 is 0 Å². The molecule has 34 heavy (non-hydrogen) atoms. The quantitative estimate of drug-likeness (QED) is 0.472. The van der Waals surface area contributed by atoms with Crippen LogP contribution < -0.4 is 9.62 Å². The molecular formula is C25H34ClN3O4S. The Hall–Kier alpha value is -2.58. The molecule has 0 aliphatic rings. The van der Waals surface area contributed by atoms with Crippen molar-refractivity contribution < 1.29 is 18.0 Å². The Morgan fingerprint density at radius 2 is 1.68 bits per heavy atom. The first-order valence-electron chi connectivity index (χ1n) is 11.4. The van der Waals surface area contributed by atoms with Gasteiger partial charge in [0.2, 0.25) is 21.8 Å². The summed E-state index contributed by atoms with van der Waals surface area (Å²) >= 11 is 6.03. The number of halogens is 1. The van der Waals surface area contributed by atoms with Crippen LogP contribution in [0.5, 0.6) is 0 Å². The number of nitrogens with one attached hydrogen (secondary N) is 1. The highest BCUT2D eigenvalue weighted by Crippen LogP contribution is 2.22. The Balaban J connectivity index is 2.10. The average molecular weight is 508 g/mol. The molecule has 0 fully saturated rings. The van der Waals surface area contributed by atoms with Gasteiger partial charge in [0.05, 0.1) is 11.9 Å². The van der Waals surface area contributed by atoms with Crippen molar-refractivity contribution in [2.75, 3.05) is 23.7 Å². The third kappa shape index (κ3) is 8.65. The number of nitrogens with zero attached hydrogens (tertiary/aromatic N) is 2. The molecule has 0 bridgehead atoms. The van der Waals surface area contributed by atoms with Crippen molar-refractivity contribution >= 4 is 39.1 Å². The number of benzene rings is 2. The molecular weight excluding hydrogens is 474 g/mol. The van der Waals surface area contributed by atoms with E-state index < -0.39 is 16.1 Å². The third-order valence-electron chi connectivity index (χ3n) is 5.33. The lowest BCUT2D eigenvalue weighted by Crippen LogP contribution is -2.50. The fourth-order valence-corrected chi connectivity index (χ4v) is 4.75. The Kier molecular flexibility index (Phi) is 10.4. The SMILES string of the molecule is CC(C)NC(=O)[C@@H](C)N(CCc1ccccc1)C(=O)CCCN(c1cccc(Cl)c1)S(C)(=O)=O. The lowest BCUT2D eigenvalue weighted by molar-refractivity contribution is -0.140. The van der Waals surface area contributed by atoms with Gasteiger partial charge in [-0.05, 0) is 57.4 Å². The van der Waals surface area contributed by atoms with Gasteiger partial charge in [0.1, 0.15) is 6.04 Å². The summed E-state index contributed by atoms with van der Waals surface area (Å²) in [5.74, 6) is -0.407. The number of carbonyl (C=O) groups is 2. The molecule has 2 aromatic carbocycles. The van der Waals surface area contributed by atoms with Gasteiger partial charge < -0.3 is 10.2 Å². The van der Waals surface area contributed by atoms with Crippen LogP contribution in [-0.2, 0) is 26.0 Å². The van der Waals surface area contributed by atoms with Gasteiger partial charge in [-0.15, -0.1) is 0 Å². The molecule has 0 radical (unpaired) electrons. The molecule has 0 unspecified atom stereocenters. The van der Waals surface area contributed by atoms with E-state index in [0.29, 0.717) is 30.1 Å². The zero-order valence-electron chi connectivity index (χ0n) is 20.2. The molecule has 186 valence electrons. The van der Waals surface area contributed by atoms with Crippen LogP contribution in [0.1, 0.15) is 39.2 Å². The Morgan fingerprint density at radius 3 is 2.26 bits per heavy atom. The first-order chi connectivity index (χ1) is 16.0. The molecule has 0 heterocycles.